The number of aliphatic carboxylic acids is 1. The summed E-state index contributed by atoms with van der Waals surface area (Å²) in [6.45, 7) is 4.26. The molecule has 0 fully saturated rings. The molecule has 348 valence electrons. The molecule has 0 radical (unpaired) electrons. The van der Waals surface area contributed by atoms with Crippen molar-refractivity contribution in [2.45, 2.75) is 302 Å². The van der Waals surface area contributed by atoms with Gasteiger partial charge in [0.15, 0.2) is 0 Å². The summed E-state index contributed by atoms with van der Waals surface area (Å²) in [5.41, 5.74) is 0. The zero-order valence-electron chi connectivity index (χ0n) is 39.6. The number of unbranched alkanes of at least 4 members (excludes halogenated alkanes) is 36. The van der Waals surface area contributed by atoms with E-state index in [1.807, 2.05) is 0 Å². The maximum Gasteiger partial charge on any atom is 0.322 e. The first-order chi connectivity index (χ1) is 29.0. The molecule has 6 nitrogen and oxygen atoms in total. The average Bonchev–Trinajstić information content (AvgIpc) is 3.22. The van der Waals surface area contributed by atoms with Crippen molar-refractivity contribution < 1.29 is 24.2 Å². The van der Waals surface area contributed by atoms with Crippen molar-refractivity contribution in [3.05, 3.63) is 12.2 Å². The number of amides is 1. The van der Waals surface area contributed by atoms with Crippen LogP contribution in [0.4, 0.5) is 0 Å². The van der Waals surface area contributed by atoms with Crippen molar-refractivity contribution in [2.75, 3.05) is 6.54 Å². The van der Waals surface area contributed by atoms with Gasteiger partial charge in [0.05, 0.1) is 0 Å². The Bertz CT molecular complexity index is 920. The SMILES string of the molecule is CCCCCCCCCC/C=C\CCCCCCCCCCCCCC(=O)OC(CCCCCCCCCCCCCCCC)CCCCCCCC(=O)NCC(=O)O. The maximum absolute atomic E-state index is 12.9. The van der Waals surface area contributed by atoms with Gasteiger partial charge in [-0.1, -0.05) is 231 Å². The van der Waals surface area contributed by atoms with E-state index < -0.39 is 5.97 Å². The molecule has 0 heterocycles. The van der Waals surface area contributed by atoms with E-state index in [9.17, 15) is 14.4 Å². The summed E-state index contributed by atoms with van der Waals surface area (Å²) >= 11 is 0. The van der Waals surface area contributed by atoms with Crippen LogP contribution in [0.1, 0.15) is 296 Å². The standard InChI is InChI=1S/C53H101NO5/c1-3-5-7-9-11-13-15-17-19-20-21-22-23-24-25-26-27-29-31-33-35-40-44-48-53(58)59-50(46-42-38-36-39-43-47-51(55)54-49-52(56)57)45-41-37-34-32-30-28-18-16-14-12-10-8-6-4-2/h20-21,50H,3-19,22-49H2,1-2H3,(H,54,55)(H,56,57)/b21-20-. The molecule has 1 unspecified atom stereocenters. The number of rotatable bonds is 49. The molecule has 0 saturated carbocycles. The Labute approximate surface area is 367 Å². The molecule has 2 N–H and O–H groups in total. The zero-order valence-corrected chi connectivity index (χ0v) is 39.6. The molecule has 0 spiro atoms. The summed E-state index contributed by atoms with van der Waals surface area (Å²) in [7, 11) is 0. The number of nitrogens with one attached hydrogen (secondary N) is 1. The summed E-state index contributed by atoms with van der Waals surface area (Å²) < 4.78 is 6.08. The highest BCUT2D eigenvalue weighted by atomic mass is 16.5. The van der Waals surface area contributed by atoms with Gasteiger partial charge < -0.3 is 15.2 Å². The molecule has 0 aromatic heterocycles. The van der Waals surface area contributed by atoms with Gasteiger partial charge in [0, 0.05) is 12.8 Å². The van der Waals surface area contributed by atoms with E-state index in [1.54, 1.807) is 0 Å². The van der Waals surface area contributed by atoms with Crippen LogP contribution in [0.2, 0.25) is 0 Å². The fraction of sp³-hybridized carbons (Fsp3) is 0.906. The topological polar surface area (TPSA) is 92.7 Å². The molecular formula is C53H101NO5. The Morgan fingerprint density at radius 2 is 0.729 bits per heavy atom. The van der Waals surface area contributed by atoms with Crippen LogP contribution >= 0.6 is 0 Å². The molecule has 0 aliphatic heterocycles. The smallest absolute Gasteiger partial charge is 0.322 e. The largest absolute Gasteiger partial charge is 0.480 e. The third-order valence-electron chi connectivity index (χ3n) is 12.2. The monoisotopic (exact) mass is 832 g/mol. The van der Waals surface area contributed by atoms with Crippen LogP contribution in [0.15, 0.2) is 12.2 Å². The predicted molar refractivity (Wildman–Crippen MR) is 254 cm³/mol. The van der Waals surface area contributed by atoms with E-state index in [2.05, 4.69) is 31.3 Å². The molecule has 1 atom stereocenters. The third kappa shape index (κ3) is 48.7. The number of ether oxygens (including phenoxy) is 1. The van der Waals surface area contributed by atoms with Crippen LogP contribution in [0, 0.1) is 0 Å². The van der Waals surface area contributed by atoms with E-state index in [0.717, 1.165) is 64.2 Å². The lowest BCUT2D eigenvalue weighted by atomic mass is 10.0. The minimum atomic E-state index is -1.01. The van der Waals surface area contributed by atoms with E-state index in [1.165, 1.54) is 205 Å². The fourth-order valence-corrected chi connectivity index (χ4v) is 8.28. The Morgan fingerprint density at radius 1 is 0.424 bits per heavy atom. The summed E-state index contributed by atoms with van der Waals surface area (Å²) in [6.07, 6.45) is 59.4. The molecule has 59 heavy (non-hydrogen) atoms. The molecule has 0 aliphatic carbocycles. The zero-order chi connectivity index (χ0) is 43.0. The third-order valence-corrected chi connectivity index (χ3v) is 12.2. The summed E-state index contributed by atoms with van der Waals surface area (Å²) in [6, 6.07) is 0. The number of hydrogen-bond donors (Lipinski definition) is 2. The number of carbonyl (C=O) groups excluding carboxylic acids is 2. The number of carboxylic acid groups (broad SMARTS) is 1. The summed E-state index contributed by atoms with van der Waals surface area (Å²) in [5.74, 6) is -1.21. The lowest BCUT2D eigenvalue weighted by Gasteiger charge is -2.18. The average molecular weight is 832 g/mol. The number of carboxylic acids is 1. The Balaban J connectivity index is 4.01. The molecule has 6 heteroatoms. The highest BCUT2D eigenvalue weighted by Crippen LogP contribution is 2.20. The van der Waals surface area contributed by atoms with E-state index in [-0.39, 0.29) is 24.5 Å². The van der Waals surface area contributed by atoms with Gasteiger partial charge in [-0.05, 0) is 64.2 Å². The van der Waals surface area contributed by atoms with Gasteiger partial charge in [0.2, 0.25) is 5.91 Å². The molecule has 0 aliphatic rings. The van der Waals surface area contributed by atoms with Crippen LogP contribution < -0.4 is 5.32 Å². The van der Waals surface area contributed by atoms with Crippen molar-refractivity contribution in [2.24, 2.45) is 0 Å². The lowest BCUT2D eigenvalue weighted by molar-refractivity contribution is -0.150. The Morgan fingerprint density at radius 3 is 1.08 bits per heavy atom. The summed E-state index contributed by atoms with van der Waals surface area (Å²) in [4.78, 5) is 35.2. The highest BCUT2D eigenvalue weighted by molar-refractivity contribution is 5.80. The van der Waals surface area contributed by atoms with Gasteiger partial charge in [-0.15, -0.1) is 0 Å². The van der Waals surface area contributed by atoms with E-state index in [4.69, 9.17) is 9.84 Å². The van der Waals surface area contributed by atoms with Crippen LogP contribution in [0.3, 0.4) is 0 Å². The van der Waals surface area contributed by atoms with Gasteiger partial charge in [-0.3, -0.25) is 14.4 Å². The van der Waals surface area contributed by atoms with Gasteiger partial charge >= 0.3 is 11.9 Å². The summed E-state index contributed by atoms with van der Waals surface area (Å²) in [5, 5.41) is 11.1. The minimum Gasteiger partial charge on any atom is -0.480 e. The van der Waals surface area contributed by atoms with Crippen LogP contribution in [0.5, 0.6) is 0 Å². The van der Waals surface area contributed by atoms with Crippen LogP contribution in [-0.4, -0.2) is 35.6 Å². The predicted octanol–water partition coefficient (Wildman–Crippen LogP) is 16.9. The molecule has 0 aromatic carbocycles. The second-order valence-corrected chi connectivity index (χ2v) is 18.1. The van der Waals surface area contributed by atoms with Crippen LogP contribution in [-0.2, 0) is 19.1 Å². The van der Waals surface area contributed by atoms with Gasteiger partial charge in [-0.2, -0.15) is 0 Å². The van der Waals surface area contributed by atoms with Crippen molar-refractivity contribution >= 4 is 17.8 Å². The second-order valence-electron chi connectivity index (χ2n) is 18.1. The molecular weight excluding hydrogens is 731 g/mol. The van der Waals surface area contributed by atoms with Gasteiger partial charge in [-0.25, -0.2) is 0 Å². The quantitative estimate of drug-likeness (QED) is 0.0362. The second kappa shape index (κ2) is 48.8. The normalized spacial score (nSPS) is 12.0. The number of allylic oxidation sites excluding steroid dienone is 2. The van der Waals surface area contributed by atoms with Gasteiger partial charge in [0.1, 0.15) is 12.6 Å². The highest BCUT2D eigenvalue weighted by Gasteiger charge is 2.14. The van der Waals surface area contributed by atoms with Crippen molar-refractivity contribution in [1.82, 2.24) is 5.32 Å². The molecule has 0 aromatic rings. The number of carbonyl (C=O) groups is 3. The first-order valence-electron chi connectivity index (χ1n) is 26.3. The first-order valence-corrected chi connectivity index (χ1v) is 26.3. The molecule has 1 amide bonds. The Kier molecular flexibility index (Phi) is 47.3. The minimum absolute atomic E-state index is 0.00766. The van der Waals surface area contributed by atoms with Gasteiger partial charge in [0.25, 0.3) is 0 Å². The molecule has 0 bridgehead atoms. The fourth-order valence-electron chi connectivity index (χ4n) is 8.28. The molecule has 0 saturated heterocycles. The number of hydrogen-bond acceptors (Lipinski definition) is 4. The Hall–Kier alpha value is -1.85. The number of esters is 1. The lowest BCUT2D eigenvalue weighted by Crippen LogP contribution is -2.28. The first kappa shape index (κ1) is 57.1. The van der Waals surface area contributed by atoms with Crippen LogP contribution in [0.25, 0.3) is 0 Å². The van der Waals surface area contributed by atoms with Crippen molar-refractivity contribution in [1.29, 1.82) is 0 Å². The van der Waals surface area contributed by atoms with E-state index in [0.29, 0.717) is 12.8 Å². The van der Waals surface area contributed by atoms with E-state index >= 15 is 0 Å². The maximum atomic E-state index is 12.9. The van der Waals surface area contributed by atoms with Crippen molar-refractivity contribution in [3.63, 3.8) is 0 Å². The molecule has 0 rings (SSSR count). The van der Waals surface area contributed by atoms with Crippen molar-refractivity contribution in [3.8, 4) is 0 Å².